The van der Waals surface area contributed by atoms with Gasteiger partial charge in [-0.15, -0.1) is 0 Å². The van der Waals surface area contributed by atoms with Crippen molar-refractivity contribution in [2.45, 2.75) is 25.7 Å². The number of nitrogens with one attached hydrogen (secondary N) is 1. The summed E-state index contributed by atoms with van der Waals surface area (Å²) in [4.78, 5) is 11.3. The number of piperidine rings is 1. The van der Waals surface area contributed by atoms with Crippen molar-refractivity contribution in [1.29, 1.82) is 0 Å². The van der Waals surface area contributed by atoms with Gasteiger partial charge in [0.25, 0.3) is 0 Å². The monoisotopic (exact) mass is 312 g/mol. The lowest BCUT2D eigenvalue weighted by molar-refractivity contribution is 0.414. The van der Waals surface area contributed by atoms with Crippen LogP contribution in [-0.4, -0.2) is 36.7 Å². The van der Waals surface area contributed by atoms with Gasteiger partial charge in [-0.3, -0.25) is 0 Å². The molecule has 5 nitrogen and oxygen atoms in total. The highest BCUT2D eigenvalue weighted by Crippen LogP contribution is 2.17. The zero-order valence-corrected chi connectivity index (χ0v) is 13.7. The fourth-order valence-corrected chi connectivity index (χ4v) is 2.82. The number of rotatable bonds is 6. The Morgan fingerprint density at radius 2 is 1.87 bits per heavy atom. The maximum atomic E-state index is 5.18. The molecule has 5 heteroatoms. The average molecular weight is 312 g/mol. The quantitative estimate of drug-likeness (QED) is 0.888. The van der Waals surface area contributed by atoms with E-state index in [1.54, 1.807) is 7.11 Å². The fraction of sp³-hybridized carbons (Fsp3) is 0.444. The molecule has 1 aromatic carbocycles. The SMILES string of the molecule is COc1ccc(CCNc2ccnc(N3CCCCC3)n2)cc1. The Kier molecular flexibility index (Phi) is 5.29. The largest absolute Gasteiger partial charge is 0.497 e. The summed E-state index contributed by atoms with van der Waals surface area (Å²) >= 11 is 0. The second-order valence-electron chi connectivity index (χ2n) is 5.81. The summed E-state index contributed by atoms with van der Waals surface area (Å²) in [6, 6.07) is 10.1. The van der Waals surface area contributed by atoms with Gasteiger partial charge in [0.15, 0.2) is 0 Å². The van der Waals surface area contributed by atoms with Crippen LogP contribution >= 0.6 is 0 Å². The average Bonchev–Trinajstić information content (AvgIpc) is 2.63. The maximum absolute atomic E-state index is 5.18. The minimum atomic E-state index is 0.846. The van der Waals surface area contributed by atoms with Crippen LogP contribution in [0.5, 0.6) is 5.75 Å². The van der Waals surface area contributed by atoms with Crippen molar-refractivity contribution < 1.29 is 4.74 Å². The molecule has 0 unspecified atom stereocenters. The standard InChI is InChI=1S/C18H24N4O/c1-23-16-7-5-15(6-8-16)9-11-19-17-10-12-20-18(21-17)22-13-3-2-4-14-22/h5-8,10,12H,2-4,9,11,13-14H2,1H3,(H,19,20,21). The first-order valence-electron chi connectivity index (χ1n) is 8.30. The van der Waals surface area contributed by atoms with E-state index in [0.29, 0.717) is 0 Å². The van der Waals surface area contributed by atoms with Gasteiger partial charge in [0, 0.05) is 25.8 Å². The lowest BCUT2D eigenvalue weighted by Gasteiger charge is -2.26. The summed E-state index contributed by atoms with van der Waals surface area (Å²) in [5.74, 6) is 2.64. The lowest BCUT2D eigenvalue weighted by atomic mass is 10.1. The van der Waals surface area contributed by atoms with Gasteiger partial charge in [-0.05, 0) is 49.4 Å². The zero-order valence-electron chi connectivity index (χ0n) is 13.7. The predicted molar refractivity (Wildman–Crippen MR) is 93.3 cm³/mol. The molecule has 122 valence electrons. The summed E-state index contributed by atoms with van der Waals surface area (Å²) in [5, 5.41) is 3.39. The van der Waals surface area contributed by atoms with Crippen LogP contribution in [0.2, 0.25) is 0 Å². The summed E-state index contributed by atoms with van der Waals surface area (Å²) in [6.07, 6.45) is 6.58. The number of hydrogen-bond donors (Lipinski definition) is 1. The number of hydrogen-bond acceptors (Lipinski definition) is 5. The molecule has 0 aliphatic carbocycles. The number of aromatic nitrogens is 2. The summed E-state index contributed by atoms with van der Waals surface area (Å²) < 4.78 is 5.18. The van der Waals surface area contributed by atoms with Crippen LogP contribution in [0.4, 0.5) is 11.8 Å². The van der Waals surface area contributed by atoms with Crippen LogP contribution in [0.15, 0.2) is 36.5 Å². The highest BCUT2D eigenvalue weighted by Gasteiger charge is 2.13. The van der Waals surface area contributed by atoms with Crippen molar-refractivity contribution >= 4 is 11.8 Å². The van der Waals surface area contributed by atoms with E-state index in [2.05, 4.69) is 32.3 Å². The Balaban J connectivity index is 1.53. The number of anilines is 2. The first-order chi connectivity index (χ1) is 11.3. The Bertz CT molecular complexity index is 609. The van der Waals surface area contributed by atoms with E-state index in [0.717, 1.165) is 43.6 Å². The number of ether oxygens (including phenoxy) is 1. The van der Waals surface area contributed by atoms with Crippen molar-refractivity contribution in [2.24, 2.45) is 0 Å². The summed E-state index contributed by atoms with van der Waals surface area (Å²) in [5.41, 5.74) is 1.28. The second-order valence-corrected chi connectivity index (χ2v) is 5.81. The summed E-state index contributed by atoms with van der Waals surface area (Å²) in [7, 11) is 1.69. The molecular formula is C18H24N4O. The normalized spacial score (nSPS) is 14.6. The third-order valence-corrected chi connectivity index (χ3v) is 4.16. The highest BCUT2D eigenvalue weighted by atomic mass is 16.5. The first-order valence-corrected chi connectivity index (χ1v) is 8.30. The van der Waals surface area contributed by atoms with Crippen LogP contribution in [-0.2, 0) is 6.42 Å². The molecule has 23 heavy (non-hydrogen) atoms. The van der Waals surface area contributed by atoms with E-state index in [4.69, 9.17) is 4.74 Å². The molecule has 1 aliphatic heterocycles. The zero-order chi connectivity index (χ0) is 15.9. The van der Waals surface area contributed by atoms with E-state index in [-0.39, 0.29) is 0 Å². The lowest BCUT2D eigenvalue weighted by Crippen LogP contribution is -2.31. The molecule has 1 saturated heterocycles. The van der Waals surface area contributed by atoms with Crippen LogP contribution in [0.25, 0.3) is 0 Å². The van der Waals surface area contributed by atoms with E-state index in [9.17, 15) is 0 Å². The maximum Gasteiger partial charge on any atom is 0.227 e. The number of nitrogens with zero attached hydrogens (tertiary/aromatic N) is 3. The third-order valence-electron chi connectivity index (χ3n) is 4.16. The fourth-order valence-electron chi connectivity index (χ4n) is 2.82. The summed E-state index contributed by atoms with van der Waals surface area (Å²) in [6.45, 7) is 2.98. The molecule has 0 spiro atoms. The molecule has 2 heterocycles. The van der Waals surface area contributed by atoms with Crippen LogP contribution in [0, 0.1) is 0 Å². The Hall–Kier alpha value is -2.30. The molecule has 0 saturated carbocycles. The number of methoxy groups -OCH3 is 1. The van der Waals surface area contributed by atoms with Gasteiger partial charge in [-0.1, -0.05) is 12.1 Å². The van der Waals surface area contributed by atoms with Crippen LogP contribution in [0.3, 0.4) is 0 Å². The van der Waals surface area contributed by atoms with Gasteiger partial charge in [0.2, 0.25) is 5.95 Å². The van der Waals surface area contributed by atoms with Gasteiger partial charge in [-0.25, -0.2) is 4.98 Å². The molecule has 0 bridgehead atoms. The third kappa shape index (κ3) is 4.34. The number of benzene rings is 1. The van der Waals surface area contributed by atoms with Gasteiger partial charge < -0.3 is 15.0 Å². The van der Waals surface area contributed by atoms with Crippen molar-refractivity contribution in [3.05, 3.63) is 42.1 Å². The van der Waals surface area contributed by atoms with Crippen molar-refractivity contribution in [2.75, 3.05) is 37.0 Å². The van der Waals surface area contributed by atoms with Gasteiger partial charge in [0.05, 0.1) is 7.11 Å². The Labute approximate surface area is 137 Å². The molecule has 3 rings (SSSR count). The first kappa shape index (κ1) is 15.6. The van der Waals surface area contributed by atoms with Crippen molar-refractivity contribution in [3.63, 3.8) is 0 Å². The van der Waals surface area contributed by atoms with E-state index in [1.807, 2.05) is 24.4 Å². The van der Waals surface area contributed by atoms with Crippen molar-refractivity contribution in [1.82, 2.24) is 9.97 Å². The molecular weight excluding hydrogens is 288 g/mol. The minimum Gasteiger partial charge on any atom is -0.497 e. The predicted octanol–water partition coefficient (Wildman–Crippen LogP) is 3.13. The smallest absolute Gasteiger partial charge is 0.227 e. The second kappa shape index (κ2) is 7.81. The molecule has 0 radical (unpaired) electrons. The molecule has 1 fully saturated rings. The van der Waals surface area contributed by atoms with E-state index < -0.39 is 0 Å². The molecule has 1 aromatic heterocycles. The van der Waals surface area contributed by atoms with Gasteiger partial charge in [-0.2, -0.15) is 4.98 Å². The Morgan fingerprint density at radius 3 is 2.61 bits per heavy atom. The highest BCUT2D eigenvalue weighted by molar-refractivity contribution is 5.41. The molecule has 0 atom stereocenters. The van der Waals surface area contributed by atoms with Crippen LogP contribution in [0.1, 0.15) is 24.8 Å². The molecule has 1 aliphatic rings. The van der Waals surface area contributed by atoms with Crippen molar-refractivity contribution in [3.8, 4) is 5.75 Å². The van der Waals surface area contributed by atoms with Crippen LogP contribution < -0.4 is 15.0 Å². The Morgan fingerprint density at radius 1 is 1.09 bits per heavy atom. The van der Waals surface area contributed by atoms with Gasteiger partial charge in [0.1, 0.15) is 11.6 Å². The van der Waals surface area contributed by atoms with E-state index >= 15 is 0 Å². The van der Waals surface area contributed by atoms with E-state index in [1.165, 1.54) is 24.8 Å². The topological polar surface area (TPSA) is 50.3 Å². The minimum absolute atomic E-state index is 0.846. The van der Waals surface area contributed by atoms with Gasteiger partial charge >= 0.3 is 0 Å². The molecule has 0 amide bonds. The molecule has 2 aromatic rings. The molecule has 1 N–H and O–H groups in total.